The number of halogens is 2. The summed E-state index contributed by atoms with van der Waals surface area (Å²) in [5.41, 5.74) is 1.96. The van der Waals surface area contributed by atoms with E-state index in [0.717, 1.165) is 0 Å². The van der Waals surface area contributed by atoms with E-state index in [-0.39, 0.29) is 47.5 Å². The van der Waals surface area contributed by atoms with E-state index in [9.17, 15) is 9.59 Å². The van der Waals surface area contributed by atoms with Gasteiger partial charge >= 0.3 is 0 Å². The maximum atomic E-state index is 13.2. The van der Waals surface area contributed by atoms with Crippen LogP contribution >= 0.6 is 23.2 Å². The minimum absolute atomic E-state index is 0.0481. The molecule has 1 atom stereocenters. The number of nitrogens with one attached hydrogen (secondary N) is 1. The van der Waals surface area contributed by atoms with E-state index in [1.807, 2.05) is 0 Å². The highest BCUT2D eigenvalue weighted by Crippen LogP contribution is 2.35. The fraction of sp³-hybridized carbons (Fsp3) is 0.273. The maximum absolute atomic E-state index is 13.2. The largest absolute Gasteiger partial charge is 0.474 e. The van der Waals surface area contributed by atoms with Gasteiger partial charge in [-0.3, -0.25) is 14.3 Å². The van der Waals surface area contributed by atoms with Crippen molar-refractivity contribution in [2.75, 3.05) is 24.7 Å². The van der Waals surface area contributed by atoms with Crippen molar-refractivity contribution in [1.29, 1.82) is 0 Å². The summed E-state index contributed by atoms with van der Waals surface area (Å²) in [6.07, 6.45) is 3.45. The van der Waals surface area contributed by atoms with Gasteiger partial charge in [-0.2, -0.15) is 5.10 Å². The number of carbonyl (C=O) groups excluding carboxylic acids is 2. The molecule has 0 radical (unpaired) electrons. The minimum Gasteiger partial charge on any atom is -0.474 e. The number of aliphatic hydroxyl groups is 1. The summed E-state index contributed by atoms with van der Waals surface area (Å²) < 4.78 is 6.88. The summed E-state index contributed by atoms with van der Waals surface area (Å²) in [4.78, 5) is 31.7. The zero-order chi connectivity index (χ0) is 23.5. The molecule has 2 amide bonds. The summed E-state index contributed by atoms with van der Waals surface area (Å²) in [5.74, 6) is -0.458. The predicted octanol–water partition coefficient (Wildman–Crippen LogP) is 3.01. The minimum atomic E-state index is -0.351. The number of anilines is 1. The normalized spacial score (nSPS) is 15.2. The Kier molecular flexibility index (Phi) is 6.83. The highest BCUT2D eigenvalue weighted by Gasteiger charge is 2.34. The van der Waals surface area contributed by atoms with E-state index in [1.54, 1.807) is 47.1 Å². The van der Waals surface area contributed by atoms with Gasteiger partial charge in [0.05, 0.1) is 46.4 Å². The van der Waals surface area contributed by atoms with Crippen LogP contribution in [0.1, 0.15) is 38.9 Å². The number of fused-ring (bicyclic) bond motifs is 1. The van der Waals surface area contributed by atoms with Gasteiger partial charge < -0.3 is 20.1 Å². The van der Waals surface area contributed by atoms with Crippen LogP contribution in [0.15, 0.2) is 42.7 Å². The summed E-state index contributed by atoms with van der Waals surface area (Å²) in [5, 5.41) is 16.7. The Bertz CT molecular complexity index is 1200. The van der Waals surface area contributed by atoms with Crippen LogP contribution in [-0.2, 0) is 7.05 Å². The van der Waals surface area contributed by atoms with Crippen molar-refractivity contribution >= 4 is 40.7 Å². The molecular weight excluding hydrogens is 469 g/mol. The van der Waals surface area contributed by atoms with Crippen LogP contribution in [0.4, 0.5) is 5.69 Å². The molecule has 11 heteroatoms. The van der Waals surface area contributed by atoms with E-state index in [2.05, 4.69) is 15.4 Å². The molecule has 3 aromatic rings. The Balaban J connectivity index is 1.56. The summed E-state index contributed by atoms with van der Waals surface area (Å²) in [6.45, 7) is 0.225. The number of nitrogens with zero attached hydrogens (tertiary/aromatic N) is 4. The molecule has 0 saturated carbocycles. The van der Waals surface area contributed by atoms with E-state index in [4.69, 9.17) is 33.0 Å². The third-order valence-corrected chi connectivity index (χ3v) is 5.88. The van der Waals surface area contributed by atoms with Gasteiger partial charge in [-0.25, -0.2) is 4.98 Å². The van der Waals surface area contributed by atoms with Gasteiger partial charge in [0.1, 0.15) is 11.6 Å². The fourth-order valence-corrected chi connectivity index (χ4v) is 4.18. The highest BCUT2D eigenvalue weighted by molar-refractivity contribution is 6.33. The van der Waals surface area contributed by atoms with Crippen molar-refractivity contribution in [3.63, 3.8) is 0 Å². The van der Waals surface area contributed by atoms with Crippen LogP contribution < -0.4 is 15.0 Å². The molecule has 1 aromatic carbocycles. The number of carbonyl (C=O) groups is 2. The molecule has 9 nitrogen and oxygen atoms in total. The van der Waals surface area contributed by atoms with Crippen LogP contribution in [0.25, 0.3) is 0 Å². The van der Waals surface area contributed by atoms with Crippen molar-refractivity contribution < 1.29 is 19.4 Å². The monoisotopic (exact) mass is 489 g/mol. The molecule has 2 N–H and O–H groups in total. The number of benzene rings is 1. The number of pyridine rings is 1. The average molecular weight is 490 g/mol. The number of hydrogen-bond acceptors (Lipinski definition) is 6. The molecular formula is C22H21Cl2N5O4. The summed E-state index contributed by atoms with van der Waals surface area (Å²) in [6, 6.07) is 7.95. The zero-order valence-corrected chi connectivity index (χ0v) is 19.2. The number of rotatable bonds is 6. The molecule has 4 rings (SSSR count). The summed E-state index contributed by atoms with van der Waals surface area (Å²) >= 11 is 12.4. The molecule has 3 heterocycles. The number of hydrogen-bond donors (Lipinski definition) is 2. The predicted molar refractivity (Wildman–Crippen MR) is 123 cm³/mol. The van der Waals surface area contributed by atoms with Crippen LogP contribution in [0, 0.1) is 0 Å². The second-order valence-corrected chi connectivity index (χ2v) is 8.19. The topological polar surface area (TPSA) is 110 Å². The zero-order valence-electron chi connectivity index (χ0n) is 17.7. The molecule has 0 fully saturated rings. The third-order valence-electron chi connectivity index (χ3n) is 5.28. The first-order chi connectivity index (χ1) is 15.9. The van der Waals surface area contributed by atoms with Gasteiger partial charge in [0.25, 0.3) is 11.8 Å². The first-order valence-corrected chi connectivity index (χ1v) is 10.9. The second kappa shape index (κ2) is 9.78. The Morgan fingerprint density at radius 2 is 2.03 bits per heavy atom. The Morgan fingerprint density at radius 1 is 1.24 bits per heavy atom. The van der Waals surface area contributed by atoms with Gasteiger partial charge in [-0.1, -0.05) is 35.3 Å². The molecule has 172 valence electrons. The van der Waals surface area contributed by atoms with Gasteiger partial charge in [0.2, 0.25) is 5.88 Å². The molecule has 2 aromatic heterocycles. The van der Waals surface area contributed by atoms with Crippen LogP contribution in [0.2, 0.25) is 10.0 Å². The Morgan fingerprint density at radius 3 is 2.76 bits per heavy atom. The van der Waals surface area contributed by atoms with Crippen molar-refractivity contribution in [2.45, 2.75) is 12.5 Å². The molecule has 0 spiro atoms. The number of aromatic nitrogens is 3. The van der Waals surface area contributed by atoms with Gasteiger partial charge in [0.15, 0.2) is 0 Å². The van der Waals surface area contributed by atoms with Crippen LogP contribution in [-0.4, -0.2) is 51.4 Å². The standard InChI is InChI=1S/C22H21Cl2N5O4/c1-28-19-17(27-20(31)14-4-2-3-5-15(14)23)6-7-29(18(19)12-26-28)22(32)13-10-16(24)21(25-11-13)33-9-8-30/h2-5,10-12,17,30H,6-9H2,1H3,(H,27,31). The smallest absolute Gasteiger partial charge is 0.259 e. The molecule has 0 aliphatic carbocycles. The first kappa shape index (κ1) is 23.0. The quantitative estimate of drug-likeness (QED) is 0.550. The lowest BCUT2D eigenvalue weighted by molar-refractivity contribution is 0.0931. The maximum Gasteiger partial charge on any atom is 0.259 e. The Labute approximate surface area is 199 Å². The van der Waals surface area contributed by atoms with Crippen molar-refractivity contribution in [3.05, 3.63) is 69.6 Å². The fourth-order valence-electron chi connectivity index (χ4n) is 3.74. The SMILES string of the molecule is Cn1ncc2c1C(NC(=O)c1ccccc1Cl)CCN2C(=O)c1cnc(OCCO)c(Cl)c1. The third kappa shape index (κ3) is 4.66. The van der Waals surface area contributed by atoms with Crippen molar-refractivity contribution in [1.82, 2.24) is 20.1 Å². The average Bonchev–Trinajstić information content (AvgIpc) is 3.20. The van der Waals surface area contributed by atoms with E-state index in [1.165, 1.54) is 12.3 Å². The molecule has 0 saturated heterocycles. The molecule has 0 bridgehead atoms. The lowest BCUT2D eigenvalue weighted by Gasteiger charge is -2.32. The van der Waals surface area contributed by atoms with Crippen LogP contribution in [0.5, 0.6) is 5.88 Å². The lowest BCUT2D eigenvalue weighted by atomic mass is 10.0. The number of aliphatic hydroxyl groups excluding tert-OH is 1. The first-order valence-electron chi connectivity index (χ1n) is 10.2. The van der Waals surface area contributed by atoms with E-state index in [0.29, 0.717) is 34.9 Å². The molecule has 33 heavy (non-hydrogen) atoms. The highest BCUT2D eigenvalue weighted by atomic mass is 35.5. The van der Waals surface area contributed by atoms with Gasteiger partial charge in [-0.15, -0.1) is 0 Å². The second-order valence-electron chi connectivity index (χ2n) is 7.37. The van der Waals surface area contributed by atoms with E-state index < -0.39 is 0 Å². The van der Waals surface area contributed by atoms with Crippen LogP contribution in [0.3, 0.4) is 0 Å². The molecule has 1 aliphatic rings. The van der Waals surface area contributed by atoms with Crippen molar-refractivity contribution in [2.24, 2.45) is 7.05 Å². The van der Waals surface area contributed by atoms with Gasteiger partial charge in [-0.05, 0) is 24.6 Å². The number of ether oxygens (including phenoxy) is 1. The molecule has 1 aliphatic heterocycles. The van der Waals surface area contributed by atoms with Crippen molar-refractivity contribution in [3.8, 4) is 5.88 Å². The van der Waals surface area contributed by atoms with Gasteiger partial charge in [0, 0.05) is 19.8 Å². The number of amides is 2. The number of aryl methyl sites for hydroxylation is 1. The molecule has 1 unspecified atom stereocenters. The Hall–Kier alpha value is -3.14. The van der Waals surface area contributed by atoms with E-state index >= 15 is 0 Å². The summed E-state index contributed by atoms with van der Waals surface area (Å²) in [7, 11) is 1.76. The lowest BCUT2D eigenvalue weighted by Crippen LogP contribution is -2.41.